The minimum Gasteiger partial charge on any atom is -0.481 e. The highest BCUT2D eigenvalue weighted by atomic mass is 16.4. The number of ketones is 1. The molecular weight excluding hydrogens is 232 g/mol. The van der Waals surface area contributed by atoms with Crippen LogP contribution in [0.15, 0.2) is 0 Å². The summed E-state index contributed by atoms with van der Waals surface area (Å²) in [6, 6.07) is 0. The maximum Gasteiger partial charge on any atom is 0.303 e. The van der Waals surface area contributed by atoms with E-state index >= 15 is 0 Å². The SMILES string of the molecule is CC(=O)CCCCCN.NCCCCCC(=O)O. The molecule has 0 bridgehead atoms. The van der Waals surface area contributed by atoms with Crippen LogP contribution in [0.4, 0.5) is 0 Å². The molecule has 0 fully saturated rings. The summed E-state index contributed by atoms with van der Waals surface area (Å²) in [7, 11) is 0. The maximum atomic E-state index is 10.4. The molecular formula is C13H28N2O3. The number of carbonyl (C=O) groups is 2. The smallest absolute Gasteiger partial charge is 0.303 e. The second kappa shape index (κ2) is 16.1. The van der Waals surface area contributed by atoms with Gasteiger partial charge < -0.3 is 21.4 Å². The van der Waals surface area contributed by atoms with Gasteiger partial charge in [-0.05, 0) is 45.7 Å². The van der Waals surface area contributed by atoms with E-state index in [0.29, 0.717) is 6.54 Å². The molecule has 0 atom stereocenters. The Bertz CT molecular complexity index is 186. The molecule has 5 nitrogen and oxygen atoms in total. The fraction of sp³-hybridized carbons (Fsp3) is 0.846. The Morgan fingerprint density at radius 3 is 1.61 bits per heavy atom. The van der Waals surface area contributed by atoms with Crippen molar-refractivity contribution >= 4 is 11.8 Å². The highest BCUT2D eigenvalue weighted by Gasteiger charge is 1.94. The summed E-state index contributed by atoms with van der Waals surface area (Å²) in [5.41, 5.74) is 10.5. The van der Waals surface area contributed by atoms with Crippen molar-refractivity contribution in [3.63, 3.8) is 0 Å². The lowest BCUT2D eigenvalue weighted by molar-refractivity contribution is -0.137. The predicted molar refractivity (Wildman–Crippen MR) is 73.4 cm³/mol. The van der Waals surface area contributed by atoms with Gasteiger partial charge in [-0.1, -0.05) is 12.8 Å². The first-order valence-corrected chi connectivity index (χ1v) is 6.66. The van der Waals surface area contributed by atoms with Crippen LogP contribution in [0.5, 0.6) is 0 Å². The number of aliphatic carboxylic acids is 1. The molecule has 0 radical (unpaired) electrons. The zero-order valence-electron chi connectivity index (χ0n) is 11.5. The number of Topliss-reactive ketones (excluding diaryl/α,β-unsaturated/α-hetero) is 1. The Balaban J connectivity index is 0. The van der Waals surface area contributed by atoms with Crippen molar-refractivity contribution in [2.45, 2.75) is 58.3 Å². The molecule has 0 aromatic heterocycles. The van der Waals surface area contributed by atoms with Crippen molar-refractivity contribution in [1.82, 2.24) is 0 Å². The molecule has 0 aromatic carbocycles. The second-order valence-corrected chi connectivity index (χ2v) is 4.29. The van der Waals surface area contributed by atoms with Gasteiger partial charge in [0.15, 0.2) is 0 Å². The van der Waals surface area contributed by atoms with Crippen LogP contribution in [0.25, 0.3) is 0 Å². The molecule has 0 unspecified atom stereocenters. The molecule has 0 aliphatic rings. The predicted octanol–water partition coefficient (Wildman–Crippen LogP) is 1.68. The van der Waals surface area contributed by atoms with Crippen molar-refractivity contribution in [3.8, 4) is 0 Å². The van der Waals surface area contributed by atoms with Gasteiger partial charge in [-0.3, -0.25) is 4.79 Å². The van der Waals surface area contributed by atoms with E-state index in [4.69, 9.17) is 16.6 Å². The van der Waals surface area contributed by atoms with Gasteiger partial charge in [0.2, 0.25) is 0 Å². The molecule has 0 saturated heterocycles. The van der Waals surface area contributed by atoms with Crippen molar-refractivity contribution in [2.24, 2.45) is 11.5 Å². The van der Waals surface area contributed by atoms with E-state index in [1.54, 1.807) is 6.92 Å². The summed E-state index contributed by atoms with van der Waals surface area (Å²) < 4.78 is 0. The number of hydrogen-bond donors (Lipinski definition) is 3. The Morgan fingerprint density at radius 1 is 0.833 bits per heavy atom. The number of carbonyl (C=O) groups excluding carboxylic acids is 1. The summed E-state index contributed by atoms with van der Waals surface area (Å²) >= 11 is 0. The number of carboxylic acids is 1. The number of hydrogen-bond acceptors (Lipinski definition) is 4. The van der Waals surface area contributed by atoms with E-state index in [1.807, 2.05) is 0 Å². The van der Waals surface area contributed by atoms with Gasteiger partial charge in [0, 0.05) is 12.8 Å². The van der Waals surface area contributed by atoms with Crippen molar-refractivity contribution in [1.29, 1.82) is 0 Å². The lowest BCUT2D eigenvalue weighted by Gasteiger charge is -1.93. The number of unbranched alkanes of at least 4 members (excludes halogenated alkanes) is 4. The summed E-state index contributed by atoms with van der Waals surface area (Å²) in [4.78, 5) is 20.3. The normalized spacial score (nSPS) is 9.50. The first kappa shape index (κ1) is 19.4. The fourth-order valence-corrected chi connectivity index (χ4v) is 1.29. The zero-order valence-corrected chi connectivity index (χ0v) is 11.5. The minimum absolute atomic E-state index is 0.278. The fourth-order valence-electron chi connectivity index (χ4n) is 1.29. The van der Waals surface area contributed by atoms with E-state index in [-0.39, 0.29) is 12.2 Å². The van der Waals surface area contributed by atoms with Gasteiger partial charge in [0.25, 0.3) is 0 Å². The van der Waals surface area contributed by atoms with Gasteiger partial charge in [0.05, 0.1) is 0 Å². The summed E-state index contributed by atoms with van der Waals surface area (Å²) in [6.07, 6.45) is 6.78. The average Bonchev–Trinajstić information content (AvgIpc) is 2.31. The number of nitrogens with two attached hydrogens (primary N) is 2. The standard InChI is InChI=1S/C7H15NO.C6H13NO2/c1-7(9)5-3-2-4-6-8;7-5-3-1-2-4-6(8)9/h2-6,8H2,1H3;1-5,7H2,(H,8,9). The summed E-state index contributed by atoms with van der Waals surface area (Å²) in [5, 5.41) is 8.18. The maximum absolute atomic E-state index is 10.4. The van der Waals surface area contributed by atoms with Gasteiger partial charge in [-0.25, -0.2) is 0 Å². The highest BCUT2D eigenvalue weighted by Crippen LogP contribution is 1.98. The van der Waals surface area contributed by atoms with Crippen LogP contribution < -0.4 is 11.5 Å². The Kier molecular flexibility index (Phi) is 17.3. The Labute approximate surface area is 110 Å². The first-order chi connectivity index (χ1) is 8.54. The summed E-state index contributed by atoms with van der Waals surface area (Å²) in [6.45, 7) is 3.04. The first-order valence-electron chi connectivity index (χ1n) is 6.66. The topological polar surface area (TPSA) is 106 Å². The molecule has 0 spiro atoms. The van der Waals surface area contributed by atoms with E-state index in [2.05, 4.69) is 0 Å². The third kappa shape index (κ3) is 24.3. The lowest BCUT2D eigenvalue weighted by Crippen LogP contribution is -1.99. The van der Waals surface area contributed by atoms with Crippen molar-refractivity contribution in [2.75, 3.05) is 13.1 Å². The largest absolute Gasteiger partial charge is 0.481 e. The number of rotatable bonds is 10. The molecule has 0 amide bonds. The van der Waals surface area contributed by atoms with Crippen LogP contribution in [0, 0.1) is 0 Å². The van der Waals surface area contributed by atoms with Crippen LogP contribution in [-0.2, 0) is 9.59 Å². The molecule has 108 valence electrons. The van der Waals surface area contributed by atoms with Crippen LogP contribution in [0.1, 0.15) is 58.3 Å². The van der Waals surface area contributed by atoms with Gasteiger partial charge in [-0.2, -0.15) is 0 Å². The molecule has 5 N–H and O–H groups in total. The van der Waals surface area contributed by atoms with Crippen LogP contribution in [0.3, 0.4) is 0 Å². The lowest BCUT2D eigenvalue weighted by atomic mass is 10.1. The van der Waals surface area contributed by atoms with E-state index in [0.717, 1.165) is 51.5 Å². The van der Waals surface area contributed by atoms with E-state index in [9.17, 15) is 9.59 Å². The second-order valence-electron chi connectivity index (χ2n) is 4.29. The molecule has 0 heterocycles. The molecule has 0 aliphatic carbocycles. The van der Waals surface area contributed by atoms with Crippen LogP contribution in [0.2, 0.25) is 0 Å². The van der Waals surface area contributed by atoms with Crippen molar-refractivity contribution < 1.29 is 14.7 Å². The van der Waals surface area contributed by atoms with E-state index in [1.165, 1.54) is 0 Å². The monoisotopic (exact) mass is 260 g/mol. The Hall–Kier alpha value is -0.940. The Morgan fingerprint density at radius 2 is 1.28 bits per heavy atom. The summed E-state index contributed by atoms with van der Waals surface area (Å²) in [5.74, 6) is -0.431. The van der Waals surface area contributed by atoms with Gasteiger partial charge >= 0.3 is 5.97 Å². The third-order valence-electron chi connectivity index (χ3n) is 2.33. The van der Waals surface area contributed by atoms with Gasteiger partial charge in [0.1, 0.15) is 5.78 Å². The molecule has 0 saturated carbocycles. The molecule has 0 aliphatic heterocycles. The molecule has 0 aromatic rings. The number of carboxylic acid groups (broad SMARTS) is 1. The minimum atomic E-state index is -0.716. The molecule has 5 heteroatoms. The average molecular weight is 260 g/mol. The highest BCUT2D eigenvalue weighted by molar-refractivity contribution is 5.75. The molecule has 18 heavy (non-hydrogen) atoms. The van der Waals surface area contributed by atoms with E-state index < -0.39 is 5.97 Å². The quantitative estimate of drug-likeness (QED) is 0.518. The van der Waals surface area contributed by atoms with Crippen LogP contribution in [-0.4, -0.2) is 29.9 Å². The van der Waals surface area contributed by atoms with Gasteiger partial charge in [-0.15, -0.1) is 0 Å². The molecule has 0 rings (SSSR count). The van der Waals surface area contributed by atoms with Crippen molar-refractivity contribution in [3.05, 3.63) is 0 Å². The zero-order chi connectivity index (χ0) is 14.2. The third-order valence-corrected chi connectivity index (χ3v) is 2.33. The van der Waals surface area contributed by atoms with Crippen LogP contribution >= 0.6 is 0 Å².